The molecular formula is C22H20ClF3N4O4. The van der Waals surface area contributed by atoms with E-state index in [1.54, 1.807) is 31.3 Å². The van der Waals surface area contributed by atoms with E-state index >= 15 is 0 Å². The van der Waals surface area contributed by atoms with E-state index in [0.717, 1.165) is 17.7 Å². The van der Waals surface area contributed by atoms with Crippen molar-refractivity contribution < 1.29 is 32.2 Å². The Bertz CT molecular complexity index is 1150. The van der Waals surface area contributed by atoms with Crippen LogP contribution in [0.5, 0.6) is 17.5 Å². The van der Waals surface area contributed by atoms with Crippen LogP contribution < -0.4 is 20.1 Å². The van der Waals surface area contributed by atoms with Crippen LogP contribution in [-0.4, -0.2) is 41.7 Å². The molecule has 0 saturated heterocycles. The predicted molar refractivity (Wildman–Crippen MR) is 119 cm³/mol. The summed E-state index contributed by atoms with van der Waals surface area (Å²) in [4.78, 5) is 27.8. The summed E-state index contributed by atoms with van der Waals surface area (Å²) in [6.45, 7) is 0.251. The number of rotatable bonds is 10. The number of nitrogens with one attached hydrogen (secondary N) is 2. The summed E-state index contributed by atoms with van der Waals surface area (Å²) in [5, 5.41) is 5.97. The van der Waals surface area contributed by atoms with Crippen LogP contribution in [0.25, 0.3) is 0 Å². The highest BCUT2D eigenvalue weighted by Crippen LogP contribution is 2.31. The molecule has 0 spiro atoms. The Balaban J connectivity index is 2.00. The molecule has 0 radical (unpaired) electrons. The number of ether oxygens (including phenoxy) is 2. The van der Waals surface area contributed by atoms with Gasteiger partial charge in [0.2, 0.25) is 0 Å². The van der Waals surface area contributed by atoms with Gasteiger partial charge in [-0.3, -0.25) is 9.36 Å². The molecule has 0 aliphatic rings. The Kier molecular flexibility index (Phi) is 8.00. The third-order valence-corrected chi connectivity index (χ3v) is 4.69. The maximum absolute atomic E-state index is 12.9. The number of halogens is 4. The molecule has 0 aliphatic heterocycles. The summed E-state index contributed by atoms with van der Waals surface area (Å²) in [5.41, 5.74) is 0.867. The van der Waals surface area contributed by atoms with Gasteiger partial charge in [0.15, 0.2) is 11.5 Å². The van der Waals surface area contributed by atoms with Gasteiger partial charge in [-0.25, -0.2) is 0 Å². The molecule has 2 aromatic carbocycles. The zero-order valence-corrected chi connectivity index (χ0v) is 18.6. The third-order valence-electron chi connectivity index (χ3n) is 4.43. The highest BCUT2D eigenvalue weighted by Gasteiger charge is 2.31. The second kappa shape index (κ2) is 10.9. The number of carbonyl (C=O) groups excluding carboxylic acids is 2. The van der Waals surface area contributed by atoms with E-state index in [-0.39, 0.29) is 42.8 Å². The Morgan fingerprint density at radius 1 is 1.18 bits per heavy atom. The molecule has 34 heavy (non-hydrogen) atoms. The molecule has 12 heteroatoms. The molecular weight excluding hydrogens is 477 g/mol. The molecule has 8 nitrogen and oxygen atoms in total. The van der Waals surface area contributed by atoms with E-state index < -0.39 is 18.0 Å². The lowest BCUT2D eigenvalue weighted by molar-refractivity contribution is -0.274. The fourth-order valence-electron chi connectivity index (χ4n) is 3.00. The van der Waals surface area contributed by atoms with Gasteiger partial charge in [0.1, 0.15) is 17.8 Å². The van der Waals surface area contributed by atoms with E-state index in [2.05, 4.69) is 20.4 Å². The molecule has 180 valence electrons. The van der Waals surface area contributed by atoms with Crippen LogP contribution in [-0.2, 0) is 11.3 Å². The van der Waals surface area contributed by atoms with Crippen molar-refractivity contribution >= 4 is 29.6 Å². The van der Waals surface area contributed by atoms with E-state index in [1.807, 2.05) is 0 Å². The number of amides is 1. The Hall–Kier alpha value is -3.73. The standard InChI is InChI=1S/C22H20ClF3N4O4/c1-27-19-18(20(32)28-10-3-11-31)30(13-14-6-8-15(23)9-7-14)21(29-19)33-16-4-2-5-17(12-16)34-22(24,25)26/h2,4-9,11-12,27H,3,10,13H2,1H3,(H,28,32). The average molecular weight is 497 g/mol. The minimum Gasteiger partial charge on any atom is -0.425 e. The summed E-state index contributed by atoms with van der Waals surface area (Å²) in [6.07, 6.45) is -4.06. The lowest BCUT2D eigenvalue weighted by Crippen LogP contribution is -2.28. The molecule has 1 amide bonds. The monoisotopic (exact) mass is 496 g/mol. The number of carbonyl (C=O) groups is 2. The lowest BCUT2D eigenvalue weighted by Gasteiger charge is -2.14. The van der Waals surface area contributed by atoms with Gasteiger partial charge in [-0.15, -0.1) is 13.2 Å². The first-order valence-corrected chi connectivity index (χ1v) is 10.4. The maximum atomic E-state index is 12.9. The molecule has 0 unspecified atom stereocenters. The largest absolute Gasteiger partial charge is 0.573 e. The zero-order chi connectivity index (χ0) is 24.7. The lowest BCUT2D eigenvalue weighted by atomic mass is 10.2. The van der Waals surface area contributed by atoms with Crippen molar-refractivity contribution in [1.29, 1.82) is 0 Å². The van der Waals surface area contributed by atoms with Crippen molar-refractivity contribution in [3.63, 3.8) is 0 Å². The van der Waals surface area contributed by atoms with Crippen LogP contribution in [0.2, 0.25) is 5.02 Å². The molecule has 0 bridgehead atoms. The molecule has 3 rings (SSSR count). The highest BCUT2D eigenvalue weighted by molar-refractivity contribution is 6.30. The van der Waals surface area contributed by atoms with E-state index in [4.69, 9.17) is 16.3 Å². The molecule has 1 aromatic heterocycles. The summed E-state index contributed by atoms with van der Waals surface area (Å²) in [7, 11) is 1.55. The first-order chi connectivity index (χ1) is 16.2. The molecule has 0 fully saturated rings. The normalized spacial score (nSPS) is 11.1. The SMILES string of the molecule is CNc1nc(Oc2cccc(OC(F)(F)F)c2)n(Cc2ccc(Cl)cc2)c1C(=O)NCCC=O. The second-order valence-corrected chi connectivity index (χ2v) is 7.33. The van der Waals surface area contributed by atoms with Crippen LogP contribution in [0.15, 0.2) is 48.5 Å². The quantitative estimate of drug-likeness (QED) is 0.314. The smallest absolute Gasteiger partial charge is 0.425 e. The van der Waals surface area contributed by atoms with Crippen LogP contribution in [0.1, 0.15) is 22.5 Å². The van der Waals surface area contributed by atoms with Crippen molar-refractivity contribution in [3.05, 3.63) is 64.8 Å². The Morgan fingerprint density at radius 2 is 1.88 bits per heavy atom. The molecule has 0 aliphatic carbocycles. The van der Waals surface area contributed by atoms with E-state index in [0.29, 0.717) is 11.3 Å². The van der Waals surface area contributed by atoms with E-state index in [1.165, 1.54) is 16.7 Å². The minimum absolute atomic E-state index is 0.0136. The van der Waals surface area contributed by atoms with Gasteiger partial charge >= 0.3 is 12.4 Å². The number of aldehydes is 1. The molecule has 0 saturated carbocycles. The fourth-order valence-corrected chi connectivity index (χ4v) is 3.13. The van der Waals surface area contributed by atoms with Crippen molar-refractivity contribution in [1.82, 2.24) is 14.9 Å². The highest BCUT2D eigenvalue weighted by atomic mass is 35.5. The average Bonchev–Trinajstić information content (AvgIpc) is 3.11. The van der Waals surface area contributed by atoms with Crippen LogP contribution in [0.4, 0.5) is 19.0 Å². The van der Waals surface area contributed by atoms with Gasteiger partial charge in [-0.1, -0.05) is 29.8 Å². The Labute approximate surface area is 197 Å². The number of alkyl halides is 3. The minimum atomic E-state index is -4.86. The molecule has 0 atom stereocenters. The summed E-state index contributed by atoms with van der Waals surface area (Å²) in [6, 6.07) is 11.7. The Morgan fingerprint density at radius 3 is 2.53 bits per heavy atom. The van der Waals surface area contributed by atoms with Gasteiger partial charge in [-0.2, -0.15) is 4.98 Å². The first-order valence-electron chi connectivity index (χ1n) is 9.98. The van der Waals surface area contributed by atoms with Gasteiger partial charge < -0.3 is 24.9 Å². The number of anilines is 1. The van der Waals surface area contributed by atoms with Gasteiger partial charge in [0, 0.05) is 31.1 Å². The summed E-state index contributed by atoms with van der Waals surface area (Å²) in [5.74, 6) is -0.798. The summed E-state index contributed by atoms with van der Waals surface area (Å²) < 4.78 is 48.9. The number of benzene rings is 2. The van der Waals surface area contributed by atoms with E-state index in [9.17, 15) is 22.8 Å². The number of aromatic nitrogens is 2. The third kappa shape index (κ3) is 6.64. The predicted octanol–water partition coefficient (Wildman–Crippen LogP) is 4.64. The summed E-state index contributed by atoms with van der Waals surface area (Å²) >= 11 is 5.95. The van der Waals surface area contributed by atoms with Crippen molar-refractivity contribution in [3.8, 4) is 17.5 Å². The molecule has 2 N–H and O–H groups in total. The van der Waals surface area contributed by atoms with Gasteiger partial charge in [-0.05, 0) is 29.8 Å². The van der Waals surface area contributed by atoms with Crippen molar-refractivity contribution in [2.75, 3.05) is 18.9 Å². The van der Waals surface area contributed by atoms with Crippen molar-refractivity contribution in [2.45, 2.75) is 19.3 Å². The van der Waals surface area contributed by atoms with Gasteiger partial charge in [0.05, 0.1) is 6.54 Å². The topological polar surface area (TPSA) is 94.5 Å². The number of hydrogen-bond donors (Lipinski definition) is 2. The number of imidazole rings is 1. The van der Waals surface area contributed by atoms with Gasteiger partial charge in [0.25, 0.3) is 5.91 Å². The van der Waals surface area contributed by atoms with Crippen molar-refractivity contribution in [2.24, 2.45) is 0 Å². The first kappa shape index (κ1) is 24.9. The molecule has 1 heterocycles. The maximum Gasteiger partial charge on any atom is 0.573 e. The van der Waals surface area contributed by atoms with Crippen LogP contribution in [0, 0.1) is 0 Å². The molecule has 3 aromatic rings. The van der Waals surface area contributed by atoms with Crippen LogP contribution in [0.3, 0.4) is 0 Å². The van der Waals surface area contributed by atoms with Crippen LogP contribution >= 0.6 is 11.6 Å². The fraction of sp³-hybridized carbons (Fsp3) is 0.227. The second-order valence-electron chi connectivity index (χ2n) is 6.89. The number of hydrogen-bond acceptors (Lipinski definition) is 6. The zero-order valence-electron chi connectivity index (χ0n) is 17.9. The number of nitrogens with zero attached hydrogens (tertiary/aromatic N) is 2.